The molecule has 4 aromatic rings. The molecule has 5 rings (SSSR count). The summed E-state index contributed by atoms with van der Waals surface area (Å²) in [4.78, 5) is 4.34. The second-order valence-electron chi connectivity index (χ2n) is 8.39. The van der Waals surface area contributed by atoms with Gasteiger partial charge < -0.3 is 38.5 Å². The fourth-order valence-corrected chi connectivity index (χ4v) is 5.30. The molecular weight excluding hydrogens is 553 g/mol. The van der Waals surface area contributed by atoms with Crippen molar-refractivity contribution in [1.29, 1.82) is 0 Å². The van der Waals surface area contributed by atoms with Crippen LogP contribution in [0.5, 0.6) is 5.75 Å². The Balaban J connectivity index is 0.00000274. The van der Waals surface area contributed by atoms with E-state index < -0.39 is 0 Å². The van der Waals surface area contributed by atoms with Crippen LogP contribution in [0.15, 0.2) is 95.8 Å². The molecule has 0 radical (unpaired) electrons. The monoisotopic (exact) mass is 581 g/mol. The first-order valence-electron chi connectivity index (χ1n) is 11.1. The molecule has 0 fully saturated rings. The zero-order valence-electron chi connectivity index (χ0n) is 19.6. The Kier molecular flexibility index (Phi) is 7.80. The van der Waals surface area contributed by atoms with E-state index in [2.05, 4.69) is 108 Å². The third-order valence-electron chi connectivity index (χ3n) is 5.81. The van der Waals surface area contributed by atoms with Gasteiger partial charge in [0.25, 0.3) is 0 Å². The third-order valence-corrected chi connectivity index (χ3v) is 6.79. The number of anilines is 1. The van der Waals surface area contributed by atoms with Crippen molar-refractivity contribution in [2.45, 2.75) is 5.03 Å². The molecule has 0 saturated carbocycles. The van der Waals surface area contributed by atoms with Gasteiger partial charge in [0.05, 0.1) is 11.1 Å². The highest BCUT2D eigenvalue weighted by Crippen LogP contribution is 2.38. The van der Waals surface area contributed by atoms with E-state index in [0.29, 0.717) is 0 Å². The van der Waals surface area contributed by atoms with E-state index in [1.807, 2.05) is 30.0 Å². The number of hydrogen-bond donors (Lipinski definition) is 0. The Morgan fingerprint density at radius 1 is 0.941 bits per heavy atom. The highest BCUT2D eigenvalue weighted by Gasteiger charge is 2.25. The zero-order valence-corrected chi connectivity index (χ0v) is 22.6. The van der Waals surface area contributed by atoms with Crippen LogP contribution in [0.25, 0.3) is 22.7 Å². The minimum Gasteiger partial charge on any atom is -1.00 e. The summed E-state index contributed by atoms with van der Waals surface area (Å²) in [5.41, 5.74) is 4.59. The molecule has 0 atom stereocenters. The number of ether oxygens (including phenoxy) is 1. The van der Waals surface area contributed by atoms with Gasteiger partial charge >= 0.3 is 0 Å². The van der Waals surface area contributed by atoms with Gasteiger partial charge in [-0.3, -0.25) is 0 Å². The van der Waals surface area contributed by atoms with Gasteiger partial charge in [0.1, 0.15) is 0 Å². The molecule has 4 nitrogen and oxygen atoms in total. The average molecular weight is 582 g/mol. The molecule has 34 heavy (non-hydrogen) atoms. The molecule has 1 aliphatic rings. The lowest BCUT2D eigenvalue weighted by molar-refractivity contribution is -0.608. The molecule has 0 spiro atoms. The second-order valence-corrected chi connectivity index (χ2v) is 9.50. The van der Waals surface area contributed by atoms with Crippen molar-refractivity contribution in [3.63, 3.8) is 0 Å². The number of benzene rings is 3. The molecule has 0 saturated heterocycles. The first kappa shape index (κ1) is 24.6. The van der Waals surface area contributed by atoms with Crippen LogP contribution in [-0.4, -0.2) is 38.3 Å². The number of nitrogens with zero attached hydrogens (tertiary/aromatic N) is 3. The fraction of sp³-hybridized carbons (Fsp3) is 0.179. The van der Waals surface area contributed by atoms with Gasteiger partial charge in [-0.1, -0.05) is 54.2 Å². The number of halogens is 1. The van der Waals surface area contributed by atoms with Crippen LogP contribution in [0.4, 0.5) is 5.69 Å². The number of para-hydroxylation sites is 4. The standard InChI is InChI=1S/C28H28N3OS.HI/c1-29(2)17-18-33-28-20-21(19-27-30(3)25-15-9-10-16-26(25)32-27)23-13-7-8-14-24(23)31(28)22-11-5-4-6-12-22;/h4-16,19-20H,17-18H2,1-3H3;1H/q+1;/p-1. The average Bonchev–Trinajstić information content (AvgIpc) is 3.15. The Labute approximate surface area is 222 Å². The van der Waals surface area contributed by atoms with Crippen LogP contribution < -0.4 is 38.2 Å². The molecule has 0 N–H and O–H groups in total. The number of thioether (sulfide) groups is 1. The summed E-state index contributed by atoms with van der Waals surface area (Å²) in [6.45, 7) is 1.02. The van der Waals surface area contributed by atoms with Gasteiger partial charge in [0, 0.05) is 55.3 Å². The molecule has 2 heterocycles. The zero-order chi connectivity index (χ0) is 22.8. The van der Waals surface area contributed by atoms with E-state index in [9.17, 15) is 0 Å². The predicted molar refractivity (Wildman–Crippen MR) is 138 cm³/mol. The lowest BCUT2D eigenvalue weighted by atomic mass is 10.1. The van der Waals surface area contributed by atoms with Gasteiger partial charge in [0.15, 0.2) is 5.75 Å². The van der Waals surface area contributed by atoms with Crippen LogP contribution in [0, 0.1) is 0 Å². The lowest BCUT2D eigenvalue weighted by Gasteiger charge is -2.13. The molecule has 174 valence electrons. The van der Waals surface area contributed by atoms with Crippen molar-refractivity contribution in [2.24, 2.45) is 0 Å². The van der Waals surface area contributed by atoms with Gasteiger partial charge in [-0.05, 0) is 32.3 Å². The van der Waals surface area contributed by atoms with Crippen molar-refractivity contribution in [2.75, 3.05) is 38.3 Å². The van der Waals surface area contributed by atoms with Crippen LogP contribution in [0.2, 0.25) is 0 Å². The van der Waals surface area contributed by atoms with E-state index in [0.717, 1.165) is 35.2 Å². The molecule has 3 aromatic carbocycles. The Morgan fingerprint density at radius 2 is 1.65 bits per heavy atom. The smallest absolute Gasteiger partial charge is 0.247 e. The Bertz CT molecular complexity index is 1320. The van der Waals surface area contributed by atoms with Crippen molar-refractivity contribution in [1.82, 2.24) is 4.90 Å². The van der Waals surface area contributed by atoms with Crippen LogP contribution in [0.1, 0.15) is 5.56 Å². The van der Waals surface area contributed by atoms with Crippen LogP contribution in [-0.2, 0) is 0 Å². The summed E-state index contributed by atoms with van der Waals surface area (Å²) < 4.78 is 8.57. The minimum atomic E-state index is 0. The van der Waals surface area contributed by atoms with E-state index in [1.54, 1.807) is 0 Å². The number of pyridine rings is 1. The van der Waals surface area contributed by atoms with Gasteiger partial charge in [-0.2, -0.15) is 0 Å². The molecule has 1 aromatic heterocycles. The topological polar surface area (TPSA) is 19.6 Å². The third kappa shape index (κ3) is 4.94. The molecule has 6 heteroatoms. The predicted octanol–water partition coefficient (Wildman–Crippen LogP) is 2.60. The summed E-state index contributed by atoms with van der Waals surface area (Å²) in [7, 11) is 6.29. The number of fused-ring (bicyclic) bond motifs is 2. The van der Waals surface area contributed by atoms with E-state index >= 15 is 0 Å². The summed E-state index contributed by atoms with van der Waals surface area (Å²) in [6, 6.07) is 29.7. The Morgan fingerprint density at radius 3 is 2.41 bits per heavy atom. The normalized spacial score (nSPS) is 13.8. The van der Waals surface area contributed by atoms with E-state index in [4.69, 9.17) is 4.74 Å². The highest BCUT2D eigenvalue weighted by molar-refractivity contribution is 7.99. The number of aromatic nitrogens is 1. The maximum Gasteiger partial charge on any atom is 0.247 e. The highest BCUT2D eigenvalue weighted by atomic mass is 127. The molecule has 0 amide bonds. The van der Waals surface area contributed by atoms with E-state index in [-0.39, 0.29) is 24.0 Å². The number of rotatable bonds is 6. The second kappa shape index (κ2) is 10.8. The summed E-state index contributed by atoms with van der Waals surface area (Å²) in [6.07, 6.45) is 2.16. The SMILES string of the molecule is CN(C)CCSc1cc(C=C2Oc3ccccc3N2C)c2ccccc2[n+]1-c1ccccc1.[I-]. The first-order valence-corrected chi connectivity index (χ1v) is 12.1. The summed E-state index contributed by atoms with van der Waals surface area (Å²) in [5.74, 6) is 2.74. The number of hydrogen-bond acceptors (Lipinski definition) is 4. The molecule has 0 aliphatic carbocycles. The fourth-order valence-electron chi connectivity index (χ4n) is 4.09. The molecule has 0 unspecified atom stereocenters. The quantitative estimate of drug-likeness (QED) is 0.198. The van der Waals surface area contributed by atoms with Gasteiger partial charge in [-0.25, -0.2) is 0 Å². The van der Waals surface area contributed by atoms with Crippen molar-refractivity contribution < 1.29 is 33.3 Å². The summed E-state index contributed by atoms with van der Waals surface area (Å²) >= 11 is 1.88. The van der Waals surface area contributed by atoms with Crippen LogP contribution >= 0.6 is 11.8 Å². The first-order chi connectivity index (χ1) is 16.1. The molecule has 1 aliphatic heterocycles. The van der Waals surface area contributed by atoms with E-state index in [1.165, 1.54) is 21.6 Å². The molecule has 0 bridgehead atoms. The lowest BCUT2D eigenvalue weighted by Crippen LogP contribution is -3.00. The maximum atomic E-state index is 6.21. The maximum absolute atomic E-state index is 6.21. The molecular formula is C28H28IN3OS. The summed E-state index contributed by atoms with van der Waals surface area (Å²) in [5, 5.41) is 2.41. The van der Waals surface area contributed by atoms with Gasteiger partial charge in [-0.15, -0.1) is 4.57 Å². The van der Waals surface area contributed by atoms with Crippen molar-refractivity contribution in [3.05, 3.63) is 96.4 Å². The van der Waals surface area contributed by atoms with Crippen molar-refractivity contribution >= 4 is 34.4 Å². The van der Waals surface area contributed by atoms with Gasteiger partial charge in [0.2, 0.25) is 22.1 Å². The van der Waals surface area contributed by atoms with Crippen molar-refractivity contribution in [3.8, 4) is 11.4 Å². The minimum absolute atomic E-state index is 0. The largest absolute Gasteiger partial charge is 1.00 e. The van der Waals surface area contributed by atoms with Crippen LogP contribution in [0.3, 0.4) is 0 Å². The Hall–Kier alpha value is -2.55.